The molecule has 1 atom stereocenters. The van der Waals surface area contributed by atoms with Crippen molar-refractivity contribution < 1.29 is 0 Å². The minimum atomic E-state index is 0.0170. The molecular weight excluding hydrogens is 228 g/mol. The van der Waals surface area contributed by atoms with Crippen molar-refractivity contribution in [3.05, 3.63) is 41.0 Å². The van der Waals surface area contributed by atoms with Gasteiger partial charge in [0.05, 0.1) is 23.6 Å². The maximum atomic E-state index is 5.65. The van der Waals surface area contributed by atoms with Gasteiger partial charge in [-0.3, -0.25) is 16.0 Å². The molecule has 0 saturated heterocycles. The molecule has 0 aliphatic heterocycles. The van der Waals surface area contributed by atoms with E-state index in [0.717, 1.165) is 28.9 Å². The van der Waals surface area contributed by atoms with Gasteiger partial charge in [-0.05, 0) is 37.5 Å². The SMILES string of the molecule is Cc1cc(C(Cc2cnn(C)c2)NN)c(C)nn1. The molecule has 6 nitrogen and oxygen atoms in total. The molecule has 0 radical (unpaired) electrons. The predicted octanol–water partition coefficient (Wildman–Crippen LogP) is 0.574. The second-order valence-corrected chi connectivity index (χ2v) is 4.47. The number of hydrogen-bond donors (Lipinski definition) is 2. The van der Waals surface area contributed by atoms with Crippen LogP contribution in [0, 0.1) is 13.8 Å². The van der Waals surface area contributed by atoms with Crippen molar-refractivity contribution >= 4 is 0 Å². The Hall–Kier alpha value is -1.79. The van der Waals surface area contributed by atoms with E-state index in [1.165, 1.54) is 0 Å². The number of rotatable bonds is 4. The summed E-state index contributed by atoms with van der Waals surface area (Å²) < 4.78 is 1.78. The van der Waals surface area contributed by atoms with Crippen molar-refractivity contribution in [3.8, 4) is 0 Å². The van der Waals surface area contributed by atoms with E-state index < -0.39 is 0 Å². The highest BCUT2D eigenvalue weighted by Gasteiger charge is 2.15. The van der Waals surface area contributed by atoms with Crippen LogP contribution in [0.15, 0.2) is 18.5 Å². The summed E-state index contributed by atoms with van der Waals surface area (Å²) in [4.78, 5) is 0. The van der Waals surface area contributed by atoms with E-state index in [1.54, 1.807) is 4.68 Å². The first-order chi connectivity index (χ1) is 8.60. The molecule has 96 valence electrons. The molecule has 2 aromatic heterocycles. The standard InChI is InChI=1S/C12H18N6/c1-8-4-11(9(2)17-16-8)12(15-13)5-10-6-14-18(3)7-10/h4,6-7,12,15H,5,13H2,1-3H3. The third-order valence-electron chi connectivity index (χ3n) is 2.91. The summed E-state index contributed by atoms with van der Waals surface area (Å²) in [5, 5.41) is 12.3. The van der Waals surface area contributed by atoms with Crippen LogP contribution < -0.4 is 11.3 Å². The predicted molar refractivity (Wildman–Crippen MR) is 68.5 cm³/mol. The minimum absolute atomic E-state index is 0.0170. The van der Waals surface area contributed by atoms with Gasteiger partial charge in [-0.15, -0.1) is 0 Å². The Labute approximate surface area is 106 Å². The van der Waals surface area contributed by atoms with Crippen LogP contribution in [0.25, 0.3) is 0 Å². The lowest BCUT2D eigenvalue weighted by atomic mass is 10.00. The van der Waals surface area contributed by atoms with Crippen molar-refractivity contribution in [2.45, 2.75) is 26.3 Å². The fourth-order valence-electron chi connectivity index (χ4n) is 1.99. The molecule has 0 aliphatic rings. The summed E-state index contributed by atoms with van der Waals surface area (Å²) in [6.07, 6.45) is 4.61. The lowest BCUT2D eigenvalue weighted by molar-refractivity contribution is 0.544. The van der Waals surface area contributed by atoms with Crippen molar-refractivity contribution in [2.24, 2.45) is 12.9 Å². The third-order valence-corrected chi connectivity index (χ3v) is 2.91. The third kappa shape index (κ3) is 2.72. The number of nitrogens with zero attached hydrogens (tertiary/aromatic N) is 4. The Balaban J connectivity index is 2.25. The minimum Gasteiger partial charge on any atom is -0.276 e. The van der Waals surface area contributed by atoms with Gasteiger partial charge < -0.3 is 0 Å². The van der Waals surface area contributed by atoms with E-state index in [-0.39, 0.29) is 6.04 Å². The number of nitrogens with one attached hydrogen (secondary N) is 1. The molecule has 0 spiro atoms. The molecule has 2 aromatic rings. The Bertz CT molecular complexity index is 533. The highest BCUT2D eigenvalue weighted by molar-refractivity contribution is 5.25. The number of hydrazine groups is 1. The topological polar surface area (TPSA) is 81.7 Å². The lowest BCUT2D eigenvalue weighted by Crippen LogP contribution is -2.30. The summed E-state index contributed by atoms with van der Waals surface area (Å²) in [5.41, 5.74) is 6.84. The number of aryl methyl sites for hydroxylation is 3. The second-order valence-electron chi connectivity index (χ2n) is 4.47. The molecule has 0 saturated carbocycles. The van der Waals surface area contributed by atoms with E-state index in [9.17, 15) is 0 Å². The maximum absolute atomic E-state index is 5.65. The zero-order chi connectivity index (χ0) is 13.1. The normalized spacial score (nSPS) is 12.7. The van der Waals surface area contributed by atoms with Gasteiger partial charge in [-0.1, -0.05) is 0 Å². The molecule has 18 heavy (non-hydrogen) atoms. The first-order valence-corrected chi connectivity index (χ1v) is 5.84. The van der Waals surface area contributed by atoms with Crippen molar-refractivity contribution in [1.29, 1.82) is 0 Å². The molecule has 2 heterocycles. The van der Waals surface area contributed by atoms with Crippen molar-refractivity contribution in [3.63, 3.8) is 0 Å². The van der Waals surface area contributed by atoms with Gasteiger partial charge >= 0.3 is 0 Å². The van der Waals surface area contributed by atoms with Gasteiger partial charge in [-0.25, -0.2) is 0 Å². The van der Waals surface area contributed by atoms with E-state index >= 15 is 0 Å². The van der Waals surface area contributed by atoms with Gasteiger partial charge in [0.1, 0.15) is 0 Å². The van der Waals surface area contributed by atoms with Gasteiger partial charge in [0.15, 0.2) is 0 Å². The Morgan fingerprint density at radius 2 is 2.17 bits per heavy atom. The monoisotopic (exact) mass is 246 g/mol. The number of hydrogen-bond acceptors (Lipinski definition) is 5. The van der Waals surface area contributed by atoms with Crippen LogP contribution in [0.5, 0.6) is 0 Å². The van der Waals surface area contributed by atoms with Crippen LogP contribution in [0.1, 0.15) is 28.6 Å². The van der Waals surface area contributed by atoms with Crippen LogP contribution >= 0.6 is 0 Å². The quantitative estimate of drug-likeness (QED) is 0.609. The number of aromatic nitrogens is 4. The molecule has 0 fully saturated rings. The highest BCUT2D eigenvalue weighted by Crippen LogP contribution is 2.19. The summed E-state index contributed by atoms with van der Waals surface area (Å²) in [5.74, 6) is 5.65. The Kier molecular flexibility index (Phi) is 3.69. The van der Waals surface area contributed by atoms with Crippen molar-refractivity contribution in [2.75, 3.05) is 0 Å². The summed E-state index contributed by atoms with van der Waals surface area (Å²) in [6, 6.07) is 2.03. The number of nitrogens with two attached hydrogens (primary N) is 1. The Morgan fingerprint density at radius 3 is 2.78 bits per heavy atom. The molecular formula is C12H18N6. The van der Waals surface area contributed by atoms with E-state index in [0.29, 0.717) is 0 Å². The first-order valence-electron chi connectivity index (χ1n) is 5.84. The Morgan fingerprint density at radius 1 is 1.39 bits per heavy atom. The molecule has 0 aliphatic carbocycles. The smallest absolute Gasteiger partial charge is 0.0648 e. The van der Waals surface area contributed by atoms with E-state index in [4.69, 9.17) is 5.84 Å². The van der Waals surface area contributed by atoms with Gasteiger partial charge in [-0.2, -0.15) is 15.3 Å². The summed E-state index contributed by atoms with van der Waals surface area (Å²) >= 11 is 0. The van der Waals surface area contributed by atoms with Crippen LogP contribution in [0.2, 0.25) is 0 Å². The van der Waals surface area contributed by atoms with E-state index in [1.807, 2.05) is 39.4 Å². The fourth-order valence-corrected chi connectivity index (χ4v) is 1.99. The summed E-state index contributed by atoms with van der Waals surface area (Å²) in [7, 11) is 1.90. The zero-order valence-electron chi connectivity index (χ0n) is 10.9. The van der Waals surface area contributed by atoms with Gasteiger partial charge in [0.25, 0.3) is 0 Å². The molecule has 1 unspecified atom stereocenters. The average Bonchev–Trinajstić information content (AvgIpc) is 2.75. The van der Waals surface area contributed by atoms with E-state index in [2.05, 4.69) is 20.7 Å². The molecule has 2 rings (SSSR count). The molecule has 0 aromatic carbocycles. The van der Waals surface area contributed by atoms with Gasteiger partial charge in [0.2, 0.25) is 0 Å². The molecule has 6 heteroatoms. The van der Waals surface area contributed by atoms with Gasteiger partial charge in [0, 0.05) is 13.2 Å². The molecule has 0 amide bonds. The second kappa shape index (κ2) is 5.24. The maximum Gasteiger partial charge on any atom is 0.0648 e. The largest absolute Gasteiger partial charge is 0.276 e. The lowest BCUT2D eigenvalue weighted by Gasteiger charge is -2.17. The van der Waals surface area contributed by atoms with Crippen LogP contribution in [0.3, 0.4) is 0 Å². The molecule has 0 bridgehead atoms. The fraction of sp³-hybridized carbons (Fsp3) is 0.417. The van der Waals surface area contributed by atoms with Crippen LogP contribution in [-0.4, -0.2) is 20.0 Å². The average molecular weight is 246 g/mol. The molecule has 3 N–H and O–H groups in total. The highest BCUT2D eigenvalue weighted by atomic mass is 15.2. The summed E-state index contributed by atoms with van der Waals surface area (Å²) in [6.45, 7) is 3.86. The first kappa shape index (κ1) is 12.7. The van der Waals surface area contributed by atoms with Crippen LogP contribution in [-0.2, 0) is 13.5 Å². The van der Waals surface area contributed by atoms with Crippen LogP contribution in [0.4, 0.5) is 0 Å². The van der Waals surface area contributed by atoms with Crippen molar-refractivity contribution in [1.82, 2.24) is 25.4 Å². The zero-order valence-corrected chi connectivity index (χ0v) is 10.9.